The summed E-state index contributed by atoms with van der Waals surface area (Å²) in [6, 6.07) is 0.669. The predicted octanol–water partition coefficient (Wildman–Crippen LogP) is 2.65. The second-order valence-corrected chi connectivity index (χ2v) is 5.50. The SMILES string of the molecule is C=Cn1cc(CNC2CCC(C)(C)C2)cn1. The highest BCUT2D eigenvalue weighted by Gasteiger charge is 2.30. The summed E-state index contributed by atoms with van der Waals surface area (Å²) in [6.45, 7) is 9.30. The molecule has 0 amide bonds. The van der Waals surface area contributed by atoms with Crippen molar-refractivity contribution in [2.45, 2.75) is 45.7 Å². The molecule has 1 N–H and O–H groups in total. The van der Waals surface area contributed by atoms with Gasteiger partial charge in [-0.05, 0) is 24.7 Å². The topological polar surface area (TPSA) is 29.9 Å². The van der Waals surface area contributed by atoms with Crippen LogP contribution in [0.25, 0.3) is 6.20 Å². The van der Waals surface area contributed by atoms with Crippen LogP contribution in [0.1, 0.15) is 38.7 Å². The molecular formula is C13H21N3. The monoisotopic (exact) mass is 219 g/mol. The minimum absolute atomic E-state index is 0.517. The van der Waals surface area contributed by atoms with Crippen LogP contribution in [0.15, 0.2) is 19.0 Å². The van der Waals surface area contributed by atoms with Gasteiger partial charge in [-0.2, -0.15) is 5.10 Å². The van der Waals surface area contributed by atoms with Crippen LogP contribution in [0.3, 0.4) is 0 Å². The number of hydrogen-bond donors (Lipinski definition) is 1. The highest BCUT2D eigenvalue weighted by Crippen LogP contribution is 2.36. The fraction of sp³-hybridized carbons (Fsp3) is 0.615. The summed E-state index contributed by atoms with van der Waals surface area (Å²) in [5.74, 6) is 0. The molecule has 16 heavy (non-hydrogen) atoms. The van der Waals surface area contributed by atoms with Crippen LogP contribution in [0, 0.1) is 5.41 Å². The lowest BCUT2D eigenvalue weighted by Crippen LogP contribution is -2.26. The summed E-state index contributed by atoms with van der Waals surface area (Å²) < 4.78 is 1.75. The molecule has 0 spiro atoms. The number of rotatable bonds is 4. The largest absolute Gasteiger partial charge is 0.310 e. The lowest BCUT2D eigenvalue weighted by Gasteiger charge is -2.17. The Bertz CT molecular complexity index is 365. The van der Waals surface area contributed by atoms with Crippen molar-refractivity contribution in [3.63, 3.8) is 0 Å². The van der Waals surface area contributed by atoms with E-state index in [0.717, 1.165) is 6.54 Å². The Hall–Kier alpha value is -1.09. The zero-order chi connectivity index (χ0) is 11.6. The van der Waals surface area contributed by atoms with E-state index in [1.165, 1.54) is 24.8 Å². The van der Waals surface area contributed by atoms with Crippen molar-refractivity contribution < 1.29 is 0 Å². The first-order chi connectivity index (χ1) is 7.59. The van der Waals surface area contributed by atoms with Gasteiger partial charge in [0.25, 0.3) is 0 Å². The molecule has 1 aromatic heterocycles. The molecule has 1 atom stereocenters. The van der Waals surface area contributed by atoms with Crippen molar-refractivity contribution in [3.05, 3.63) is 24.5 Å². The molecule has 1 fully saturated rings. The van der Waals surface area contributed by atoms with Crippen LogP contribution >= 0.6 is 0 Å². The third kappa shape index (κ3) is 2.73. The van der Waals surface area contributed by atoms with Crippen molar-refractivity contribution >= 4 is 6.20 Å². The van der Waals surface area contributed by atoms with Crippen LogP contribution < -0.4 is 5.32 Å². The Morgan fingerprint density at radius 1 is 1.69 bits per heavy atom. The molecule has 0 aromatic carbocycles. The van der Waals surface area contributed by atoms with Gasteiger partial charge in [0, 0.05) is 30.5 Å². The lowest BCUT2D eigenvalue weighted by molar-refractivity contribution is 0.364. The van der Waals surface area contributed by atoms with Crippen LogP contribution in [-0.4, -0.2) is 15.8 Å². The minimum atomic E-state index is 0.517. The summed E-state index contributed by atoms with van der Waals surface area (Å²) in [5.41, 5.74) is 1.74. The van der Waals surface area contributed by atoms with Crippen molar-refractivity contribution in [1.29, 1.82) is 0 Å². The molecule has 1 unspecified atom stereocenters. The summed E-state index contributed by atoms with van der Waals surface area (Å²) >= 11 is 0. The van der Waals surface area contributed by atoms with E-state index in [1.807, 2.05) is 12.4 Å². The smallest absolute Gasteiger partial charge is 0.0538 e. The fourth-order valence-corrected chi connectivity index (χ4v) is 2.44. The minimum Gasteiger partial charge on any atom is -0.310 e. The molecule has 1 heterocycles. The highest BCUT2D eigenvalue weighted by atomic mass is 15.2. The van der Waals surface area contributed by atoms with E-state index >= 15 is 0 Å². The van der Waals surface area contributed by atoms with E-state index in [0.29, 0.717) is 11.5 Å². The molecule has 1 aromatic rings. The van der Waals surface area contributed by atoms with Crippen LogP contribution in [0.2, 0.25) is 0 Å². The lowest BCUT2D eigenvalue weighted by atomic mass is 9.92. The van der Waals surface area contributed by atoms with Gasteiger partial charge in [-0.25, -0.2) is 4.68 Å². The van der Waals surface area contributed by atoms with Crippen LogP contribution in [0.4, 0.5) is 0 Å². The molecule has 1 aliphatic rings. The Morgan fingerprint density at radius 2 is 2.50 bits per heavy atom. The molecule has 0 aliphatic heterocycles. The molecule has 2 rings (SSSR count). The number of aromatic nitrogens is 2. The molecule has 0 radical (unpaired) electrons. The fourth-order valence-electron chi connectivity index (χ4n) is 2.44. The standard InChI is InChI=1S/C13H21N3/c1-4-16-10-11(9-15-16)8-14-12-5-6-13(2,3)7-12/h4,9-10,12,14H,1,5-8H2,2-3H3. The van der Waals surface area contributed by atoms with E-state index in [9.17, 15) is 0 Å². The van der Waals surface area contributed by atoms with Crippen LogP contribution in [-0.2, 0) is 6.54 Å². The molecular weight excluding hydrogens is 198 g/mol. The van der Waals surface area contributed by atoms with Gasteiger partial charge in [0.2, 0.25) is 0 Å². The van der Waals surface area contributed by atoms with Gasteiger partial charge >= 0.3 is 0 Å². The van der Waals surface area contributed by atoms with Crippen molar-refractivity contribution in [3.8, 4) is 0 Å². The average Bonchev–Trinajstić information content (AvgIpc) is 2.81. The van der Waals surface area contributed by atoms with E-state index in [1.54, 1.807) is 10.9 Å². The quantitative estimate of drug-likeness (QED) is 0.843. The molecule has 0 saturated heterocycles. The number of hydrogen-bond acceptors (Lipinski definition) is 2. The van der Waals surface area contributed by atoms with Gasteiger partial charge in [0.1, 0.15) is 0 Å². The summed E-state index contributed by atoms with van der Waals surface area (Å²) in [6.07, 6.45) is 9.53. The zero-order valence-corrected chi connectivity index (χ0v) is 10.2. The Morgan fingerprint density at radius 3 is 3.06 bits per heavy atom. The maximum atomic E-state index is 4.17. The van der Waals surface area contributed by atoms with Crippen LogP contribution in [0.5, 0.6) is 0 Å². The summed E-state index contributed by atoms with van der Waals surface area (Å²) in [4.78, 5) is 0. The maximum Gasteiger partial charge on any atom is 0.0538 e. The second kappa shape index (κ2) is 4.42. The first kappa shape index (κ1) is 11.4. The summed E-state index contributed by atoms with van der Waals surface area (Å²) in [7, 11) is 0. The van der Waals surface area contributed by atoms with Crippen molar-refractivity contribution in [2.24, 2.45) is 5.41 Å². The first-order valence-corrected chi connectivity index (χ1v) is 5.98. The third-order valence-electron chi connectivity index (χ3n) is 3.41. The second-order valence-electron chi connectivity index (χ2n) is 5.50. The van der Waals surface area contributed by atoms with E-state index < -0.39 is 0 Å². The van der Waals surface area contributed by atoms with Crippen molar-refractivity contribution in [2.75, 3.05) is 0 Å². The molecule has 1 aliphatic carbocycles. The van der Waals surface area contributed by atoms with E-state index in [4.69, 9.17) is 0 Å². The molecule has 88 valence electrons. The molecule has 3 nitrogen and oxygen atoms in total. The average molecular weight is 219 g/mol. The van der Waals surface area contributed by atoms with Gasteiger partial charge in [-0.15, -0.1) is 0 Å². The zero-order valence-electron chi connectivity index (χ0n) is 10.2. The Kier molecular flexibility index (Phi) is 3.15. The molecule has 3 heteroatoms. The maximum absolute atomic E-state index is 4.17. The molecule has 1 saturated carbocycles. The van der Waals surface area contributed by atoms with Gasteiger partial charge < -0.3 is 5.32 Å². The number of nitrogens with zero attached hydrogens (tertiary/aromatic N) is 2. The Balaban J connectivity index is 1.82. The van der Waals surface area contributed by atoms with E-state index in [-0.39, 0.29) is 0 Å². The third-order valence-corrected chi connectivity index (χ3v) is 3.41. The van der Waals surface area contributed by atoms with Gasteiger partial charge in [-0.1, -0.05) is 20.4 Å². The van der Waals surface area contributed by atoms with Crippen molar-refractivity contribution in [1.82, 2.24) is 15.1 Å². The predicted molar refractivity (Wildman–Crippen MR) is 66.9 cm³/mol. The highest BCUT2D eigenvalue weighted by molar-refractivity contribution is 5.17. The normalized spacial score (nSPS) is 23.5. The van der Waals surface area contributed by atoms with Gasteiger partial charge in [0.05, 0.1) is 6.20 Å². The van der Waals surface area contributed by atoms with Gasteiger partial charge in [-0.3, -0.25) is 0 Å². The number of nitrogens with one attached hydrogen (secondary N) is 1. The van der Waals surface area contributed by atoms with E-state index in [2.05, 4.69) is 30.8 Å². The van der Waals surface area contributed by atoms with Gasteiger partial charge in [0.15, 0.2) is 0 Å². The first-order valence-electron chi connectivity index (χ1n) is 5.98. The Labute approximate surface area is 97.5 Å². The molecule has 0 bridgehead atoms. The summed E-state index contributed by atoms with van der Waals surface area (Å²) in [5, 5.41) is 7.77.